The summed E-state index contributed by atoms with van der Waals surface area (Å²) in [5.41, 5.74) is 3.08. The second kappa shape index (κ2) is 9.44. The summed E-state index contributed by atoms with van der Waals surface area (Å²) in [6, 6.07) is 0. The summed E-state index contributed by atoms with van der Waals surface area (Å²) in [5, 5.41) is 3.44. The summed E-state index contributed by atoms with van der Waals surface area (Å²) >= 11 is 1.74. The van der Waals surface area contributed by atoms with E-state index >= 15 is 0 Å². The first-order valence-corrected chi connectivity index (χ1v) is 7.48. The van der Waals surface area contributed by atoms with Crippen LogP contribution in [0.2, 0.25) is 0 Å². The number of hydrogen-bond donors (Lipinski definition) is 1. The molecule has 0 aliphatic heterocycles. The van der Waals surface area contributed by atoms with Gasteiger partial charge in [-0.1, -0.05) is 0 Å². The van der Waals surface area contributed by atoms with Crippen LogP contribution in [0.15, 0.2) is 5.51 Å². The van der Waals surface area contributed by atoms with E-state index < -0.39 is 0 Å². The molecule has 0 atom stereocenters. The fourth-order valence-corrected chi connectivity index (χ4v) is 2.50. The van der Waals surface area contributed by atoms with Crippen LogP contribution in [0.25, 0.3) is 0 Å². The van der Waals surface area contributed by atoms with Crippen LogP contribution >= 0.6 is 11.3 Å². The summed E-state index contributed by atoms with van der Waals surface area (Å²) in [5.74, 6) is 0. The van der Waals surface area contributed by atoms with E-state index in [0.717, 1.165) is 51.5 Å². The molecule has 0 bridgehead atoms. The predicted octanol–water partition coefficient (Wildman–Crippen LogP) is 1.90. The van der Waals surface area contributed by atoms with Gasteiger partial charge in [0.1, 0.15) is 0 Å². The zero-order chi connectivity index (χ0) is 13.2. The van der Waals surface area contributed by atoms with Crippen LogP contribution < -0.4 is 5.32 Å². The Morgan fingerprint density at radius 1 is 1.44 bits per heavy atom. The number of ether oxygens (including phenoxy) is 1. The van der Waals surface area contributed by atoms with Gasteiger partial charge in [0.2, 0.25) is 0 Å². The molecule has 0 aliphatic carbocycles. The standard InChI is InChI=1S/C13H25N3OS/c1-4-17-9-5-6-14-7-8-16(3)10-13-12(2)15-11-18-13/h11,14H,4-10H2,1-3H3. The number of nitrogens with zero attached hydrogens (tertiary/aromatic N) is 2. The summed E-state index contributed by atoms with van der Waals surface area (Å²) in [6.45, 7) is 9.91. The van der Waals surface area contributed by atoms with Gasteiger partial charge in [-0.25, -0.2) is 4.98 Å². The quantitative estimate of drug-likeness (QED) is 0.660. The largest absolute Gasteiger partial charge is 0.382 e. The molecular formula is C13H25N3OS. The molecule has 18 heavy (non-hydrogen) atoms. The Bertz CT molecular complexity index is 317. The summed E-state index contributed by atoms with van der Waals surface area (Å²) < 4.78 is 5.29. The molecule has 0 amide bonds. The van der Waals surface area contributed by atoms with Gasteiger partial charge in [0.05, 0.1) is 11.2 Å². The zero-order valence-electron chi connectivity index (χ0n) is 11.7. The minimum absolute atomic E-state index is 0.816. The van der Waals surface area contributed by atoms with Gasteiger partial charge in [-0.3, -0.25) is 4.90 Å². The molecule has 1 aromatic heterocycles. The third-order valence-electron chi connectivity index (χ3n) is 2.78. The van der Waals surface area contributed by atoms with Gasteiger partial charge in [-0.15, -0.1) is 11.3 Å². The first-order chi connectivity index (χ1) is 8.74. The van der Waals surface area contributed by atoms with Crippen molar-refractivity contribution in [2.75, 3.05) is 39.9 Å². The lowest BCUT2D eigenvalue weighted by Gasteiger charge is -2.16. The molecule has 1 rings (SSSR count). The van der Waals surface area contributed by atoms with Crippen LogP contribution in [0, 0.1) is 6.92 Å². The molecule has 0 spiro atoms. The van der Waals surface area contributed by atoms with Crippen LogP contribution in [0.4, 0.5) is 0 Å². The van der Waals surface area contributed by atoms with Crippen molar-refractivity contribution in [1.82, 2.24) is 15.2 Å². The number of aromatic nitrogens is 1. The highest BCUT2D eigenvalue weighted by atomic mass is 32.1. The van der Waals surface area contributed by atoms with E-state index in [-0.39, 0.29) is 0 Å². The predicted molar refractivity (Wildman–Crippen MR) is 77.2 cm³/mol. The molecule has 1 aromatic rings. The minimum Gasteiger partial charge on any atom is -0.382 e. The fourth-order valence-electron chi connectivity index (χ4n) is 1.64. The third kappa shape index (κ3) is 6.44. The monoisotopic (exact) mass is 271 g/mol. The molecule has 1 N–H and O–H groups in total. The van der Waals surface area contributed by atoms with Gasteiger partial charge >= 0.3 is 0 Å². The van der Waals surface area contributed by atoms with Crippen molar-refractivity contribution in [1.29, 1.82) is 0 Å². The van der Waals surface area contributed by atoms with Crippen LogP contribution in [-0.2, 0) is 11.3 Å². The van der Waals surface area contributed by atoms with Gasteiger partial charge < -0.3 is 10.1 Å². The van der Waals surface area contributed by atoms with Crippen molar-refractivity contribution in [2.45, 2.75) is 26.8 Å². The van der Waals surface area contributed by atoms with Gasteiger partial charge in [0.15, 0.2) is 0 Å². The van der Waals surface area contributed by atoms with Gasteiger partial charge in [-0.05, 0) is 33.9 Å². The van der Waals surface area contributed by atoms with Crippen molar-refractivity contribution < 1.29 is 4.74 Å². The molecule has 1 heterocycles. The molecular weight excluding hydrogens is 246 g/mol. The highest BCUT2D eigenvalue weighted by Gasteiger charge is 2.04. The van der Waals surface area contributed by atoms with Crippen molar-refractivity contribution in [2.24, 2.45) is 0 Å². The average molecular weight is 271 g/mol. The highest BCUT2D eigenvalue weighted by molar-refractivity contribution is 7.09. The Labute approximate surface area is 114 Å². The lowest BCUT2D eigenvalue weighted by atomic mass is 10.3. The van der Waals surface area contributed by atoms with Crippen molar-refractivity contribution in [3.05, 3.63) is 16.1 Å². The minimum atomic E-state index is 0.816. The number of thiazole rings is 1. The SMILES string of the molecule is CCOCCCNCCN(C)Cc1scnc1C. The fraction of sp³-hybridized carbons (Fsp3) is 0.769. The van der Waals surface area contributed by atoms with E-state index in [1.165, 1.54) is 4.88 Å². The molecule has 0 fully saturated rings. The van der Waals surface area contributed by atoms with Crippen molar-refractivity contribution in [3.63, 3.8) is 0 Å². The summed E-state index contributed by atoms with van der Waals surface area (Å²) in [6.07, 6.45) is 1.09. The Morgan fingerprint density at radius 3 is 2.94 bits per heavy atom. The molecule has 4 nitrogen and oxygen atoms in total. The topological polar surface area (TPSA) is 37.4 Å². The van der Waals surface area contributed by atoms with E-state index in [1.54, 1.807) is 11.3 Å². The number of likely N-dealkylation sites (N-methyl/N-ethyl adjacent to an activating group) is 1. The Kier molecular flexibility index (Phi) is 8.17. The Balaban J connectivity index is 2.00. The normalized spacial score (nSPS) is 11.3. The van der Waals surface area contributed by atoms with Gasteiger partial charge in [0.25, 0.3) is 0 Å². The first kappa shape index (κ1) is 15.6. The number of rotatable bonds is 10. The Morgan fingerprint density at radius 2 is 2.28 bits per heavy atom. The maximum Gasteiger partial charge on any atom is 0.0798 e. The summed E-state index contributed by atoms with van der Waals surface area (Å²) in [7, 11) is 2.15. The maximum atomic E-state index is 5.29. The maximum absolute atomic E-state index is 5.29. The summed E-state index contributed by atoms with van der Waals surface area (Å²) in [4.78, 5) is 7.97. The first-order valence-electron chi connectivity index (χ1n) is 6.60. The van der Waals surface area contributed by atoms with Gasteiger partial charge in [0, 0.05) is 37.7 Å². The van der Waals surface area contributed by atoms with E-state index in [4.69, 9.17) is 4.74 Å². The molecule has 0 saturated heterocycles. The van der Waals surface area contributed by atoms with Crippen LogP contribution in [0.1, 0.15) is 23.9 Å². The molecule has 0 saturated carbocycles. The van der Waals surface area contributed by atoms with E-state index in [0.29, 0.717) is 0 Å². The molecule has 0 aliphatic rings. The molecule has 0 radical (unpaired) electrons. The van der Waals surface area contributed by atoms with Crippen molar-refractivity contribution >= 4 is 11.3 Å². The molecule has 5 heteroatoms. The van der Waals surface area contributed by atoms with Crippen molar-refractivity contribution in [3.8, 4) is 0 Å². The molecule has 0 unspecified atom stereocenters. The second-order valence-electron chi connectivity index (χ2n) is 4.40. The average Bonchev–Trinajstić information content (AvgIpc) is 2.74. The zero-order valence-corrected chi connectivity index (χ0v) is 12.6. The van der Waals surface area contributed by atoms with Gasteiger partial charge in [-0.2, -0.15) is 0 Å². The molecule has 0 aromatic carbocycles. The third-order valence-corrected chi connectivity index (χ3v) is 3.69. The van der Waals surface area contributed by atoms with Crippen LogP contribution in [-0.4, -0.2) is 49.8 Å². The smallest absolute Gasteiger partial charge is 0.0798 e. The van der Waals surface area contributed by atoms with Crippen LogP contribution in [0.3, 0.4) is 0 Å². The van der Waals surface area contributed by atoms with E-state index in [1.807, 2.05) is 12.4 Å². The molecule has 104 valence electrons. The Hall–Kier alpha value is -0.490. The second-order valence-corrected chi connectivity index (χ2v) is 5.34. The lowest BCUT2D eigenvalue weighted by Crippen LogP contribution is -2.29. The van der Waals surface area contributed by atoms with E-state index in [9.17, 15) is 0 Å². The number of hydrogen-bond acceptors (Lipinski definition) is 5. The van der Waals surface area contributed by atoms with Crippen LogP contribution in [0.5, 0.6) is 0 Å². The lowest BCUT2D eigenvalue weighted by molar-refractivity contribution is 0.144. The number of aryl methyl sites for hydroxylation is 1. The van der Waals surface area contributed by atoms with E-state index in [2.05, 4.69) is 29.2 Å². The highest BCUT2D eigenvalue weighted by Crippen LogP contribution is 2.13. The number of nitrogens with one attached hydrogen (secondary N) is 1.